The Morgan fingerprint density at radius 1 is 1.04 bits per heavy atom. The number of primary amides is 1. The fourth-order valence-electron chi connectivity index (χ4n) is 2.45. The fraction of sp³-hybridized carbons (Fsp3) is 0.235. The van der Waals surface area contributed by atoms with Crippen LogP contribution in [0.5, 0.6) is 0 Å². The summed E-state index contributed by atoms with van der Waals surface area (Å²) in [5.74, 6) is -0.596. The summed E-state index contributed by atoms with van der Waals surface area (Å²) in [5.41, 5.74) is 8.77. The van der Waals surface area contributed by atoms with Crippen LogP contribution in [-0.4, -0.2) is 20.6 Å². The van der Waals surface area contributed by atoms with Gasteiger partial charge in [0, 0.05) is 5.69 Å². The second kappa shape index (κ2) is 6.83. The highest BCUT2D eigenvalue weighted by Crippen LogP contribution is 2.25. The van der Waals surface area contributed by atoms with Crippen molar-refractivity contribution in [2.24, 2.45) is 5.73 Å². The van der Waals surface area contributed by atoms with Gasteiger partial charge in [0.1, 0.15) is 0 Å². The van der Waals surface area contributed by atoms with Crippen molar-refractivity contribution in [2.75, 3.05) is 11.0 Å². The second-order valence-corrected chi connectivity index (χ2v) is 7.19. The number of benzene rings is 2. The van der Waals surface area contributed by atoms with Crippen LogP contribution in [0.15, 0.2) is 48.5 Å². The minimum atomic E-state index is -3.27. The van der Waals surface area contributed by atoms with Gasteiger partial charge >= 0.3 is 0 Å². The van der Waals surface area contributed by atoms with Crippen LogP contribution in [0.3, 0.4) is 0 Å². The molecule has 5 nitrogen and oxygen atoms in total. The molecule has 23 heavy (non-hydrogen) atoms. The lowest BCUT2D eigenvalue weighted by Gasteiger charge is -2.12. The first kappa shape index (κ1) is 17.0. The molecule has 1 unspecified atom stereocenters. The Morgan fingerprint density at radius 3 is 1.91 bits per heavy atom. The van der Waals surface area contributed by atoms with E-state index in [1.165, 1.54) is 0 Å². The molecule has 1 atom stereocenters. The van der Waals surface area contributed by atoms with Gasteiger partial charge in [0.25, 0.3) is 0 Å². The van der Waals surface area contributed by atoms with E-state index in [4.69, 9.17) is 5.73 Å². The molecule has 2 aromatic rings. The summed E-state index contributed by atoms with van der Waals surface area (Å²) < 4.78 is 24.8. The number of nitrogens with two attached hydrogens (primary N) is 1. The highest BCUT2D eigenvalue weighted by Gasteiger charge is 2.15. The van der Waals surface area contributed by atoms with Crippen molar-refractivity contribution in [2.45, 2.75) is 19.3 Å². The van der Waals surface area contributed by atoms with Gasteiger partial charge in [-0.25, -0.2) is 8.42 Å². The van der Waals surface area contributed by atoms with Gasteiger partial charge in [-0.15, -0.1) is 0 Å². The van der Waals surface area contributed by atoms with Crippen molar-refractivity contribution >= 4 is 21.6 Å². The second-order valence-electron chi connectivity index (χ2n) is 5.44. The summed E-state index contributed by atoms with van der Waals surface area (Å²) in [6, 6.07) is 14.8. The number of anilines is 1. The van der Waals surface area contributed by atoms with E-state index in [9.17, 15) is 13.2 Å². The molecule has 2 rings (SSSR count). The normalized spacial score (nSPS) is 12.6. The molecule has 2 aromatic carbocycles. The van der Waals surface area contributed by atoms with Crippen molar-refractivity contribution in [3.8, 4) is 11.1 Å². The number of nitrogens with one attached hydrogen (secondary N) is 1. The molecule has 0 heterocycles. The lowest BCUT2D eigenvalue weighted by molar-refractivity contribution is -0.119. The smallest absolute Gasteiger partial charge is 0.229 e. The number of carbonyl (C=O) groups is 1. The number of hydrogen-bond donors (Lipinski definition) is 2. The molecule has 0 saturated carbocycles. The van der Waals surface area contributed by atoms with E-state index in [0.29, 0.717) is 12.1 Å². The molecule has 0 saturated heterocycles. The molecule has 0 fully saturated rings. The third kappa shape index (κ3) is 4.56. The number of hydrogen-bond acceptors (Lipinski definition) is 3. The number of amides is 1. The SMILES string of the molecule is CCC(C(N)=O)c1ccc(-c2ccc(NS(C)(=O)=O)cc2)cc1. The van der Waals surface area contributed by atoms with Crippen LogP contribution < -0.4 is 10.5 Å². The van der Waals surface area contributed by atoms with Gasteiger partial charge in [-0.3, -0.25) is 9.52 Å². The Labute approximate surface area is 136 Å². The summed E-state index contributed by atoms with van der Waals surface area (Å²) in [5, 5.41) is 0. The molecule has 1 amide bonds. The summed E-state index contributed by atoms with van der Waals surface area (Å²) in [6.07, 6.45) is 1.78. The first-order valence-electron chi connectivity index (χ1n) is 7.27. The van der Waals surface area contributed by atoms with Crippen molar-refractivity contribution < 1.29 is 13.2 Å². The molecule has 6 heteroatoms. The highest BCUT2D eigenvalue weighted by atomic mass is 32.2. The Kier molecular flexibility index (Phi) is 5.05. The van der Waals surface area contributed by atoms with Crippen molar-refractivity contribution in [1.82, 2.24) is 0 Å². The van der Waals surface area contributed by atoms with Crippen LogP contribution in [0, 0.1) is 0 Å². The molecular weight excluding hydrogens is 312 g/mol. The molecule has 3 N–H and O–H groups in total. The predicted octanol–water partition coefficient (Wildman–Crippen LogP) is 2.70. The Hall–Kier alpha value is -2.34. The molecular formula is C17H20N2O3S. The van der Waals surface area contributed by atoms with Crippen molar-refractivity contribution in [3.63, 3.8) is 0 Å². The molecule has 0 spiro atoms. The summed E-state index contributed by atoms with van der Waals surface area (Å²) in [4.78, 5) is 11.4. The van der Waals surface area contributed by atoms with Gasteiger partial charge in [-0.2, -0.15) is 0 Å². The molecule has 0 aliphatic rings. The van der Waals surface area contributed by atoms with Crippen molar-refractivity contribution in [3.05, 3.63) is 54.1 Å². The third-order valence-electron chi connectivity index (χ3n) is 3.59. The maximum absolute atomic E-state index is 11.4. The van der Waals surface area contributed by atoms with E-state index in [-0.39, 0.29) is 11.8 Å². The van der Waals surface area contributed by atoms with Gasteiger partial charge in [0.15, 0.2) is 0 Å². The summed E-state index contributed by atoms with van der Waals surface area (Å²) in [7, 11) is -3.27. The summed E-state index contributed by atoms with van der Waals surface area (Å²) in [6.45, 7) is 1.93. The topological polar surface area (TPSA) is 89.3 Å². The standard InChI is InChI=1S/C17H20N2O3S/c1-3-16(17(18)20)14-6-4-12(5-7-14)13-8-10-15(11-9-13)19-23(2,21)22/h4-11,16,19H,3H2,1-2H3,(H2,18,20). The maximum atomic E-state index is 11.4. The average molecular weight is 332 g/mol. The number of sulfonamides is 1. The number of rotatable bonds is 6. The molecule has 122 valence electrons. The van der Waals surface area contributed by atoms with Gasteiger partial charge in [0.05, 0.1) is 12.2 Å². The Bertz CT molecular complexity index is 782. The van der Waals surface area contributed by atoms with E-state index in [1.807, 2.05) is 43.3 Å². The highest BCUT2D eigenvalue weighted by molar-refractivity contribution is 7.92. The monoisotopic (exact) mass is 332 g/mol. The van der Waals surface area contributed by atoms with Crippen LogP contribution >= 0.6 is 0 Å². The van der Waals surface area contributed by atoms with Crippen LogP contribution in [0.25, 0.3) is 11.1 Å². The lowest BCUT2D eigenvalue weighted by atomic mass is 9.94. The molecule has 0 aliphatic heterocycles. The summed E-state index contributed by atoms with van der Waals surface area (Å²) >= 11 is 0. The van der Waals surface area contributed by atoms with E-state index < -0.39 is 10.0 Å². The zero-order valence-corrected chi connectivity index (χ0v) is 13.9. The first-order valence-corrected chi connectivity index (χ1v) is 9.17. The van der Waals surface area contributed by atoms with Crippen LogP contribution in [-0.2, 0) is 14.8 Å². The quantitative estimate of drug-likeness (QED) is 0.852. The van der Waals surface area contributed by atoms with Crippen LogP contribution in [0.1, 0.15) is 24.8 Å². The van der Waals surface area contributed by atoms with E-state index in [1.54, 1.807) is 12.1 Å². The van der Waals surface area contributed by atoms with E-state index in [0.717, 1.165) is 22.9 Å². The molecule has 0 bridgehead atoms. The van der Waals surface area contributed by atoms with Crippen LogP contribution in [0.4, 0.5) is 5.69 Å². The fourth-order valence-corrected chi connectivity index (χ4v) is 3.02. The van der Waals surface area contributed by atoms with E-state index >= 15 is 0 Å². The van der Waals surface area contributed by atoms with Crippen molar-refractivity contribution in [1.29, 1.82) is 0 Å². The minimum absolute atomic E-state index is 0.273. The Morgan fingerprint density at radius 2 is 1.52 bits per heavy atom. The Balaban J connectivity index is 2.21. The first-order chi connectivity index (χ1) is 10.8. The van der Waals surface area contributed by atoms with Gasteiger partial charge in [0.2, 0.25) is 15.9 Å². The third-order valence-corrected chi connectivity index (χ3v) is 4.19. The predicted molar refractivity (Wildman–Crippen MR) is 92.6 cm³/mol. The number of carbonyl (C=O) groups excluding carboxylic acids is 1. The zero-order chi connectivity index (χ0) is 17.0. The molecule has 0 radical (unpaired) electrons. The zero-order valence-electron chi connectivity index (χ0n) is 13.1. The minimum Gasteiger partial charge on any atom is -0.369 e. The maximum Gasteiger partial charge on any atom is 0.229 e. The van der Waals surface area contributed by atoms with Gasteiger partial charge < -0.3 is 5.73 Å². The average Bonchev–Trinajstić information content (AvgIpc) is 2.47. The lowest BCUT2D eigenvalue weighted by Crippen LogP contribution is -2.20. The molecule has 0 aliphatic carbocycles. The van der Waals surface area contributed by atoms with Gasteiger partial charge in [-0.05, 0) is 35.2 Å². The largest absolute Gasteiger partial charge is 0.369 e. The molecule has 0 aromatic heterocycles. The van der Waals surface area contributed by atoms with Crippen LogP contribution in [0.2, 0.25) is 0 Å². The van der Waals surface area contributed by atoms with E-state index in [2.05, 4.69) is 4.72 Å². The van der Waals surface area contributed by atoms with Gasteiger partial charge in [-0.1, -0.05) is 43.3 Å².